The maximum atomic E-state index is 14.1. The molecule has 0 heterocycles. The number of anilines is 1. The van der Waals surface area contributed by atoms with E-state index in [9.17, 15) is 18.0 Å². The van der Waals surface area contributed by atoms with Crippen molar-refractivity contribution in [2.75, 3.05) is 17.4 Å². The molecule has 0 saturated heterocycles. The monoisotopic (exact) mass is 615 g/mol. The largest absolute Gasteiger partial charge is 0.352 e. The summed E-state index contributed by atoms with van der Waals surface area (Å²) in [4.78, 5) is 29.1. The standard InChI is InChI=1S/C31H35Cl2N3O4S/c1-2-28(31(38)34-25-13-9-10-14-25)35(20-19-23-11-5-3-6-12-23)30(37)22-36(29-21-24(32)17-18-27(29)33)41(39,40)26-15-7-4-8-16-26/h3-8,11-12,15-18,21,25,28H,2,9-10,13-14,19-20,22H2,1H3,(H,34,38). The third kappa shape index (κ3) is 7.82. The molecule has 41 heavy (non-hydrogen) atoms. The van der Waals surface area contributed by atoms with Crippen LogP contribution in [0.5, 0.6) is 0 Å². The summed E-state index contributed by atoms with van der Waals surface area (Å²) in [6, 6.07) is 21.3. The molecule has 2 amide bonds. The predicted octanol–water partition coefficient (Wildman–Crippen LogP) is 6.10. The summed E-state index contributed by atoms with van der Waals surface area (Å²) >= 11 is 12.7. The molecule has 4 rings (SSSR count). The zero-order chi connectivity index (χ0) is 29.4. The number of rotatable bonds is 12. The summed E-state index contributed by atoms with van der Waals surface area (Å²) in [5.41, 5.74) is 1.09. The summed E-state index contributed by atoms with van der Waals surface area (Å²) in [5, 5.41) is 3.52. The average Bonchev–Trinajstić information content (AvgIpc) is 3.49. The van der Waals surface area contributed by atoms with E-state index in [2.05, 4.69) is 5.32 Å². The maximum absolute atomic E-state index is 14.1. The van der Waals surface area contributed by atoms with Crippen molar-refractivity contribution in [3.8, 4) is 0 Å². The number of amides is 2. The van der Waals surface area contributed by atoms with Gasteiger partial charge >= 0.3 is 0 Å². The van der Waals surface area contributed by atoms with Crippen LogP contribution in [-0.2, 0) is 26.0 Å². The van der Waals surface area contributed by atoms with Gasteiger partial charge in [0.2, 0.25) is 11.8 Å². The van der Waals surface area contributed by atoms with Crippen LogP contribution in [0.4, 0.5) is 5.69 Å². The van der Waals surface area contributed by atoms with Crippen LogP contribution < -0.4 is 9.62 Å². The minimum atomic E-state index is -4.22. The molecule has 3 aromatic carbocycles. The van der Waals surface area contributed by atoms with Gasteiger partial charge in [-0.15, -0.1) is 0 Å². The first-order valence-electron chi connectivity index (χ1n) is 13.9. The van der Waals surface area contributed by atoms with E-state index >= 15 is 0 Å². The Kier molecular flexibility index (Phi) is 10.7. The van der Waals surface area contributed by atoms with Crippen molar-refractivity contribution < 1.29 is 18.0 Å². The van der Waals surface area contributed by atoms with Crippen LogP contribution in [0.2, 0.25) is 10.0 Å². The van der Waals surface area contributed by atoms with Crippen LogP contribution in [-0.4, -0.2) is 50.3 Å². The van der Waals surface area contributed by atoms with Crippen LogP contribution in [0.25, 0.3) is 0 Å². The molecule has 0 spiro atoms. The Morgan fingerprint density at radius 3 is 2.22 bits per heavy atom. The van der Waals surface area contributed by atoms with E-state index in [1.54, 1.807) is 24.3 Å². The van der Waals surface area contributed by atoms with E-state index in [-0.39, 0.29) is 39.1 Å². The van der Waals surface area contributed by atoms with E-state index < -0.39 is 28.5 Å². The number of carbonyl (C=O) groups excluding carboxylic acids is 2. The van der Waals surface area contributed by atoms with Crippen molar-refractivity contribution in [2.45, 2.75) is 62.4 Å². The molecule has 1 unspecified atom stereocenters. The lowest BCUT2D eigenvalue weighted by Gasteiger charge is -2.34. The topological polar surface area (TPSA) is 86.8 Å². The molecule has 1 N–H and O–H groups in total. The molecular formula is C31H35Cl2N3O4S. The second kappa shape index (κ2) is 14.2. The Hall–Kier alpha value is -3.07. The van der Waals surface area contributed by atoms with E-state index in [0.717, 1.165) is 35.6 Å². The first-order chi connectivity index (χ1) is 19.7. The molecule has 1 fully saturated rings. The highest BCUT2D eigenvalue weighted by molar-refractivity contribution is 7.92. The number of halogens is 2. The van der Waals surface area contributed by atoms with Gasteiger partial charge < -0.3 is 10.2 Å². The SMILES string of the molecule is CCC(C(=O)NC1CCCC1)N(CCc1ccccc1)C(=O)CN(c1cc(Cl)ccc1Cl)S(=O)(=O)c1ccccc1. The zero-order valence-electron chi connectivity index (χ0n) is 23.0. The quantitative estimate of drug-likeness (QED) is 0.267. The molecule has 0 bridgehead atoms. The van der Waals surface area contributed by atoms with Gasteiger partial charge in [0.15, 0.2) is 0 Å². The Bertz CT molecular complexity index is 1430. The lowest BCUT2D eigenvalue weighted by molar-refractivity contribution is -0.139. The van der Waals surface area contributed by atoms with Crippen molar-refractivity contribution in [3.63, 3.8) is 0 Å². The number of sulfonamides is 1. The summed E-state index contributed by atoms with van der Waals surface area (Å²) < 4.78 is 28.8. The number of benzene rings is 3. The third-order valence-corrected chi connectivity index (χ3v) is 9.69. The van der Waals surface area contributed by atoms with Crippen molar-refractivity contribution in [2.24, 2.45) is 0 Å². The van der Waals surface area contributed by atoms with Crippen molar-refractivity contribution in [1.82, 2.24) is 10.2 Å². The van der Waals surface area contributed by atoms with Gasteiger partial charge in [-0.3, -0.25) is 13.9 Å². The summed E-state index contributed by atoms with van der Waals surface area (Å²) in [7, 11) is -4.22. The maximum Gasteiger partial charge on any atom is 0.264 e. The number of hydrogen-bond donors (Lipinski definition) is 1. The molecule has 7 nitrogen and oxygen atoms in total. The fraction of sp³-hybridized carbons (Fsp3) is 0.355. The third-order valence-electron chi connectivity index (χ3n) is 7.36. The highest BCUT2D eigenvalue weighted by atomic mass is 35.5. The summed E-state index contributed by atoms with van der Waals surface area (Å²) in [6.45, 7) is 1.54. The van der Waals surface area contributed by atoms with Crippen LogP contribution in [0.15, 0.2) is 83.8 Å². The smallest absolute Gasteiger partial charge is 0.264 e. The van der Waals surface area contributed by atoms with Crippen LogP contribution in [0.3, 0.4) is 0 Å². The highest BCUT2D eigenvalue weighted by Crippen LogP contribution is 2.33. The molecule has 1 saturated carbocycles. The molecule has 1 aliphatic carbocycles. The lowest BCUT2D eigenvalue weighted by Crippen LogP contribution is -2.54. The van der Waals surface area contributed by atoms with Crippen molar-refractivity contribution in [1.29, 1.82) is 0 Å². The number of carbonyl (C=O) groups is 2. The Balaban J connectivity index is 1.69. The minimum Gasteiger partial charge on any atom is -0.352 e. The molecule has 1 aliphatic rings. The molecule has 1 atom stereocenters. The first kappa shape index (κ1) is 30.9. The molecule has 0 aromatic heterocycles. The predicted molar refractivity (Wildman–Crippen MR) is 164 cm³/mol. The molecule has 218 valence electrons. The summed E-state index contributed by atoms with van der Waals surface area (Å²) in [6.07, 6.45) is 4.83. The van der Waals surface area contributed by atoms with Gasteiger partial charge in [-0.05, 0) is 61.6 Å². The summed E-state index contributed by atoms with van der Waals surface area (Å²) in [5.74, 6) is -0.732. The Morgan fingerprint density at radius 1 is 0.951 bits per heavy atom. The Morgan fingerprint density at radius 2 is 1.59 bits per heavy atom. The average molecular weight is 617 g/mol. The second-order valence-electron chi connectivity index (χ2n) is 10.2. The molecule has 0 aliphatic heterocycles. The van der Waals surface area contributed by atoms with E-state index in [1.165, 1.54) is 29.2 Å². The van der Waals surface area contributed by atoms with Gasteiger partial charge in [-0.1, -0.05) is 91.5 Å². The first-order valence-corrected chi connectivity index (χ1v) is 16.1. The molecule has 3 aromatic rings. The molecule has 10 heteroatoms. The van der Waals surface area contributed by atoms with Gasteiger partial charge in [0, 0.05) is 17.6 Å². The van der Waals surface area contributed by atoms with Gasteiger partial charge in [0.05, 0.1) is 15.6 Å². The minimum absolute atomic E-state index is 0.00527. The van der Waals surface area contributed by atoms with E-state index in [0.29, 0.717) is 12.8 Å². The second-order valence-corrected chi connectivity index (χ2v) is 12.9. The van der Waals surface area contributed by atoms with E-state index in [1.807, 2.05) is 37.3 Å². The van der Waals surface area contributed by atoms with E-state index in [4.69, 9.17) is 23.2 Å². The van der Waals surface area contributed by atoms with Crippen LogP contribution in [0, 0.1) is 0 Å². The van der Waals surface area contributed by atoms with Gasteiger partial charge in [-0.2, -0.15) is 0 Å². The highest BCUT2D eigenvalue weighted by Gasteiger charge is 2.35. The zero-order valence-corrected chi connectivity index (χ0v) is 25.3. The Labute approximate surface area is 252 Å². The fourth-order valence-electron chi connectivity index (χ4n) is 5.17. The van der Waals surface area contributed by atoms with Crippen molar-refractivity contribution in [3.05, 3.63) is 94.5 Å². The normalized spacial score (nSPS) is 14.4. The van der Waals surface area contributed by atoms with Gasteiger partial charge in [0.25, 0.3) is 10.0 Å². The van der Waals surface area contributed by atoms with Gasteiger partial charge in [0.1, 0.15) is 12.6 Å². The number of nitrogens with one attached hydrogen (secondary N) is 1. The van der Waals surface area contributed by atoms with Crippen LogP contribution >= 0.6 is 23.2 Å². The molecule has 0 radical (unpaired) electrons. The van der Waals surface area contributed by atoms with Gasteiger partial charge in [-0.25, -0.2) is 8.42 Å². The van der Waals surface area contributed by atoms with Crippen molar-refractivity contribution >= 4 is 50.7 Å². The lowest BCUT2D eigenvalue weighted by atomic mass is 10.1. The molecular weight excluding hydrogens is 581 g/mol. The number of hydrogen-bond acceptors (Lipinski definition) is 4. The fourth-order valence-corrected chi connectivity index (χ4v) is 7.06. The van der Waals surface area contributed by atoms with Crippen LogP contribution in [0.1, 0.15) is 44.6 Å². The number of nitrogens with zero attached hydrogens (tertiary/aromatic N) is 2.